The molecule has 2 unspecified atom stereocenters. The number of rotatable bonds is 4. The summed E-state index contributed by atoms with van der Waals surface area (Å²) < 4.78 is 5.68. The number of benzene rings is 1. The van der Waals surface area contributed by atoms with Gasteiger partial charge in [-0.15, -0.1) is 11.3 Å². The summed E-state index contributed by atoms with van der Waals surface area (Å²) >= 11 is 1.53. The molecule has 1 aromatic heterocycles. The van der Waals surface area contributed by atoms with Gasteiger partial charge in [0.25, 0.3) is 0 Å². The summed E-state index contributed by atoms with van der Waals surface area (Å²) in [5.74, 6) is -0.0544. The van der Waals surface area contributed by atoms with Crippen LogP contribution in [0.1, 0.15) is 29.2 Å². The summed E-state index contributed by atoms with van der Waals surface area (Å²) in [5.41, 5.74) is 0.764. The minimum atomic E-state index is -0.769. The van der Waals surface area contributed by atoms with Gasteiger partial charge in [-0.3, -0.25) is 4.79 Å². The highest BCUT2D eigenvalue weighted by molar-refractivity contribution is 7.09. The van der Waals surface area contributed by atoms with E-state index in [9.17, 15) is 9.90 Å². The fourth-order valence-corrected chi connectivity index (χ4v) is 3.18. The fraction of sp³-hybridized carbons (Fsp3) is 0.375. The second-order valence-corrected chi connectivity index (χ2v) is 6.13. The van der Waals surface area contributed by atoms with E-state index in [0.29, 0.717) is 19.7 Å². The van der Waals surface area contributed by atoms with Crippen LogP contribution in [0.3, 0.4) is 0 Å². The Labute approximate surface area is 133 Å². The molecule has 1 aliphatic heterocycles. The Balaban J connectivity index is 1.60. The third-order valence-electron chi connectivity index (χ3n) is 3.70. The fourth-order valence-electron chi connectivity index (χ4n) is 2.51. The lowest BCUT2D eigenvalue weighted by molar-refractivity contribution is -0.141. The molecule has 1 amide bonds. The van der Waals surface area contributed by atoms with Crippen LogP contribution >= 0.6 is 11.3 Å². The number of hydrogen-bond donors (Lipinski definition) is 1. The topological polar surface area (TPSA) is 62.7 Å². The molecule has 1 aliphatic rings. The normalized spacial score (nSPS) is 19.9. The first-order chi connectivity index (χ1) is 10.7. The van der Waals surface area contributed by atoms with E-state index in [1.807, 2.05) is 35.7 Å². The van der Waals surface area contributed by atoms with Crippen LogP contribution in [0.5, 0.6) is 0 Å². The van der Waals surface area contributed by atoms with Gasteiger partial charge in [0.15, 0.2) is 0 Å². The Bertz CT molecular complexity index is 603. The maximum atomic E-state index is 12.4. The standard InChI is InChI=1S/C16H18N2O3S/c19-13(12-4-2-1-3-5-12)10-15(20)18-7-8-21-14(11-18)16-17-6-9-22-16/h1-6,9,13-14,19H,7-8,10-11H2. The predicted octanol–water partition coefficient (Wildman–Crippen LogP) is 2.17. The maximum Gasteiger partial charge on any atom is 0.225 e. The van der Waals surface area contributed by atoms with Crippen LogP contribution in [0, 0.1) is 0 Å². The highest BCUT2D eigenvalue weighted by Gasteiger charge is 2.28. The first-order valence-corrected chi connectivity index (χ1v) is 8.14. The van der Waals surface area contributed by atoms with Crippen molar-refractivity contribution in [3.05, 3.63) is 52.5 Å². The molecule has 0 radical (unpaired) electrons. The molecule has 5 nitrogen and oxygen atoms in total. The molecule has 0 bridgehead atoms. The first kappa shape index (κ1) is 15.1. The summed E-state index contributed by atoms with van der Waals surface area (Å²) in [4.78, 5) is 18.4. The maximum absolute atomic E-state index is 12.4. The SMILES string of the molecule is O=C(CC(O)c1ccccc1)N1CCOC(c2nccs2)C1. The molecule has 22 heavy (non-hydrogen) atoms. The van der Waals surface area contributed by atoms with Crippen LogP contribution < -0.4 is 0 Å². The molecule has 2 aromatic rings. The van der Waals surface area contributed by atoms with Gasteiger partial charge in [-0.2, -0.15) is 0 Å². The molecule has 1 N–H and O–H groups in total. The summed E-state index contributed by atoms with van der Waals surface area (Å²) in [6, 6.07) is 9.26. The monoisotopic (exact) mass is 318 g/mol. The molecule has 2 atom stereocenters. The van der Waals surface area contributed by atoms with Gasteiger partial charge in [-0.25, -0.2) is 4.98 Å². The van der Waals surface area contributed by atoms with Gasteiger partial charge >= 0.3 is 0 Å². The molecular formula is C16H18N2O3S. The number of thiazole rings is 1. The second-order valence-electron chi connectivity index (χ2n) is 5.20. The van der Waals surface area contributed by atoms with Crippen molar-refractivity contribution in [3.8, 4) is 0 Å². The molecule has 0 spiro atoms. The van der Waals surface area contributed by atoms with Crippen LogP contribution in [-0.2, 0) is 9.53 Å². The van der Waals surface area contributed by atoms with Crippen molar-refractivity contribution in [2.75, 3.05) is 19.7 Å². The van der Waals surface area contributed by atoms with Crippen molar-refractivity contribution in [1.82, 2.24) is 9.88 Å². The van der Waals surface area contributed by atoms with E-state index in [1.54, 1.807) is 11.1 Å². The van der Waals surface area contributed by atoms with Crippen molar-refractivity contribution in [1.29, 1.82) is 0 Å². The lowest BCUT2D eigenvalue weighted by Gasteiger charge is -2.32. The lowest BCUT2D eigenvalue weighted by atomic mass is 10.1. The average molecular weight is 318 g/mol. The van der Waals surface area contributed by atoms with Gasteiger partial charge in [0, 0.05) is 18.1 Å². The van der Waals surface area contributed by atoms with Gasteiger partial charge in [0.05, 0.1) is 25.7 Å². The summed E-state index contributed by atoms with van der Waals surface area (Å²) in [7, 11) is 0. The molecule has 1 fully saturated rings. The zero-order valence-electron chi connectivity index (χ0n) is 12.1. The Morgan fingerprint density at radius 3 is 3.00 bits per heavy atom. The van der Waals surface area contributed by atoms with Crippen LogP contribution in [0.4, 0.5) is 0 Å². The average Bonchev–Trinajstić information content (AvgIpc) is 3.10. The highest BCUT2D eigenvalue weighted by Crippen LogP contribution is 2.25. The van der Waals surface area contributed by atoms with Gasteiger partial charge in [0.2, 0.25) is 5.91 Å². The van der Waals surface area contributed by atoms with Crippen molar-refractivity contribution >= 4 is 17.2 Å². The third-order valence-corrected chi connectivity index (χ3v) is 4.57. The lowest BCUT2D eigenvalue weighted by Crippen LogP contribution is -2.42. The number of amides is 1. The number of carbonyl (C=O) groups excluding carboxylic acids is 1. The van der Waals surface area contributed by atoms with Crippen LogP contribution in [-0.4, -0.2) is 40.6 Å². The van der Waals surface area contributed by atoms with Gasteiger partial charge in [-0.1, -0.05) is 30.3 Å². The molecule has 3 rings (SSSR count). The Hall–Kier alpha value is -1.76. The number of carbonyl (C=O) groups is 1. The molecule has 116 valence electrons. The van der Waals surface area contributed by atoms with Crippen molar-refractivity contribution in [2.24, 2.45) is 0 Å². The Morgan fingerprint density at radius 2 is 2.27 bits per heavy atom. The van der Waals surface area contributed by atoms with Crippen LogP contribution in [0.15, 0.2) is 41.9 Å². The van der Waals surface area contributed by atoms with E-state index in [1.165, 1.54) is 11.3 Å². The van der Waals surface area contributed by atoms with Crippen molar-refractivity contribution in [2.45, 2.75) is 18.6 Å². The third kappa shape index (κ3) is 3.52. The number of hydrogen-bond acceptors (Lipinski definition) is 5. The molecule has 1 aromatic carbocycles. The number of nitrogens with zero attached hydrogens (tertiary/aromatic N) is 2. The molecule has 2 heterocycles. The highest BCUT2D eigenvalue weighted by atomic mass is 32.1. The van der Waals surface area contributed by atoms with Crippen LogP contribution in [0.25, 0.3) is 0 Å². The Kier molecular flexibility index (Phi) is 4.82. The molecule has 0 aliphatic carbocycles. The zero-order valence-corrected chi connectivity index (χ0v) is 12.9. The zero-order chi connectivity index (χ0) is 15.4. The smallest absolute Gasteiger partial charge is 0.225 e. The van der Waals surface area contributed by atoms with Gasteiger partial charge < -0.3 is 14.7 Å². The van der Waals surface area contributed by atoms with E-state index in [2.05, 4.69) is 4.98 Å². The number of aromatic nitrogens is 1. The van der Waals surface area contributed by atoms with Crippen LogP contribution in [0.2, 0.25) is 0 Å². The summed E-state index contributed by atoms with van der Waals surface area (Å²) in [6.45, 7) is 1.55. The summed E-state index contributed by atoms with van der Waals surface area (Å²) in [6.07, 6.45) is 0.902. The largest absolute Gasteiger partial charge is 0.388 e. The van der Waals surface area contributed by atoms with Crippen molar-refractivity contribution in [3.63, 3.8) is 0 Å². The second kappa shape index (κ2) is 7.00. The first-order valence-electron chi connectivity index (χ1n) is 7.26. The number of aliphatic hydroxyl groups excluding tert-OH is 1. The van der Waals surface area contributed by atoms with E-state index in [0.717, 1.165) is 10.6 Å². The minimum Gasteiger partial charge on any atom is -0.388 e. The number of aliphatic hydroxyl groups is 1. The van der Waals surface area contributed by atoms with Gasteiger partial charge in [0.1, 0.15) is 11.1 Å². The number of morpholine rings is 1. The van der Waals surface area contributed by atoms with E-state index in [-0.39, 0.29) is 18.4 Å². The quantitative estimate of drug-likeness (QED) is 0.938. The number of ether oxygens (including phenoxy) is 1. The van der Waals surface area contributed by atoms with Gasteiger partial charge in [-0.05, 0) is 5.56 Å². The summed E-state index contributed by atoms with van der Waals surface area (Å²) in [5, 5.41) is 13.0. The molecule has 1 saturated heterocycles. The van der Waals surface area contributed by atoms with E-state index >= 15 is 0 Å². The Morgan fingerprint density at radius 1 is 1.45 bits per heavy atom. The predicted molar refractivity (Wildman–Crippen MR) is 83.4 cm³/mol. The molecule has 6 heteroatoms. The van der Waals surface area contributed by atoms with E-state index in [4.69, 9.17) is 4.74 Å². The molecular weight excluding hydrogens is 300 g/mol. The van der Waals surface area contributed by atoms with E-state index < -0.39 is 6.10 Å². The molecule has 0 saturated carbocycles. The minimum absolute atomic E-state index is 0.0544. The van der Waals surface area contributed by atoms with Crippen molar-refractivity contribution < 1.29 is 14.6 Å².